The van der Waals surface area contributed by atoms with E-state index in [4.69, 9.17) is 9.47 Å². The molecule has 4 heteroatoms. The second kappa shape index (κ2) is 7.65. The fraction of sp³-hybridized carbons (Fsp3) is 0.476. The van der Waals surface area contributed by atoms with Crippen molar-refractivity contribution in [2.24, 2.45) is 0 Å². The Morgan fingerprint density at radius 2 is 2.04 bits per heavy atom. The molecule has 3 heterocycles. The molecule has 0 bridgehead atoms. The summed E-state index contributed by atoms with van der Waals surface area (Å²) in [4.78, 5) is 6.92. The minimum atomic E-state index is 0.170. The molecular weight excluding hydrogens is 312 g/mol. The average Bonchev–Trinajstić information content (AvgIpc) is 3.14. The van der Waals surface area contributed by atoms with Crippen LogP contribution in [0, 0.1) is 6.92 Å². The molecule has 2 saturated heterocycles. The monoisotopic (exact) mass is 338 g/mol. The fourth-order valence-electron chi connectivity index (χ4n) is 3.95. The van der Waals surface area contributed by atoms with Crippen LogP contribution in [0.25, 0.3) is 0 Å². The summed E-state index contributed by atoms with van der Waals surface area (Å²) in [6.07, 6.45) is 4.28. The van der Waals surface area contributed by atoms with E-state index < -0.39 is 0 Å². The number of aryl methyl sites for hydroxylation is 1. The summed E-state index contributed by atoms with van der Waals surface area (Å²) in [5.74, 6) is 0. The van der Waals surface area contributed by atoms with E-state index in [-0.39, 0.29) is 12.2 Å². The Morgan fingerprint density at radius 3 is 2.84 bits per heavy atom. The molecule has 0 saturated carbocycles. The van der Waals surface area contributed by atoms with Crippen LogP contribution in [-0.4, -0.2) is 41.3 Å². The van der Waals surface area contributed by atoms with Crippen LogP contribution in [0.5, 0.6) is 0 Å². The molecule has 2 aromatic rings. The van der Waals surface area contributed by atoms with E-state index in [1.165, 1.54) is 11.1 Å². The van der Waals surface area contributed by atoms with Crippen LogP contribution in [0.2, 0.25) is 0 Å². The lowest BCUT2D eigenvalue weighted by atomic mass is 9.95. The second-order valence-electron chi connectivity index (χ2n) is 7.11. The summed E-state index contributed by atoms with van der Waals surface area (Å²) in [6, 6.07) is 15.3. The van der Waals surface area contributed by atoms with Gasteiger partial charge in [-0.15, -0.1) is 0 Å². The Labute approximate surface area is 149 Å². The van der Waals surface area contributed by atoms with Crippen LogP contribution < -0.4 is 0 Å². The van der Waals surface area contributed by atoms with Crippen molar-refractivity contribution in [3.8, 4) is 0 Å². The quantitative estimate of drug-likeness (QED) is 0.837. The largest absolute Gasteiger partial charge is 0.374 e. The molecule has 0 spiro atoms. The second-order valence-corrected chi connectivity index (χ2v) is 7.11. The first-order valence-electron chi connectivity index (χ1n) is 9.22. The third-order valence-electron chi connectivity index (χ3n) is 5.32. The van der Waals surface area contributed by atoms with Crippen LogP contribution in [0.4, 0.5) is 0 Å². The summed E-state index contributed by atoms with van der Waals surface area (Å²) in [5.41, 5.74) is 3.68. The molecule has 0 aliphatic carbocycles. The van der Waals surface area contributed by atoms with Gasteiger partial charge in [-0.1, -0.05) is 35.9 Å². The molecule has 1 aromatic carbocycles. The van der Waals surface area contributed by atoms with Crippen molar-refractivity contribution >= 4 is 0 Å². The topological polar surface area (TPSA) is 34.6 Å². The van der Waals surface area contributed by atoms with Crippen molar-refractivity contribution in [3.63, 3.8) is 0 Å². The summed E-state index contributed by atoms with van der Waals surface area (Å²) < 4.78 is 12.2. The minimum Gasteiger partial charge on any atom is -0.374 e. The number of nitrogens with zero attached hydrogens (tertiary/aromatic N) is 2. The standard InChI is InChI=1S/C21H26N2O2/c1-16-5-7-17(8-6-16)14-23-12-9-20(21-19(23)10-13-24-21)25-15-18-4-2-3-11-22-18/h2-8,11,19-21H,9-10,12-15H2,1H3/t19-,20-,21-/m1/s1. The zero-order chi connectivity index (χ0) is 17.1. The van der Waals surface area contributed by atoms with Gasteiger partial charge in [-0.05, 0) is 37.5 Å². The molecule has 132 valence electrons. The van der Waals surface area contributed by atoms with E-state index in [0.29, 0.717) is 12.6 Å². The molecule has 3 atom stereocenters. The van der Waals surface area contributed by atoms with Gasteiger partial charge in [0.1, 0.15) is 0 Å². The fourth-order valence-corrected chi connectivity index (χ4v) is 3.95. The number of hydrogen-bond donors (Lipinski definition) is 0. The highest BCUT2D eigenvalue weighted by atomic mass is 16.5. The molecule has 2 aliphatic rings. The lowest BCUT2D eigenvalue weighted by molar-refractivity contribution is -0.106. The van der Waals surface area contributed by atoms with E-state index in [1.807, 2.05) is 24.4 Å². The van der Waals surface area contributed by atoms with E-state index >= 15 is 0 Å². The third kappa shape index (κ3) is 3.92. The molecule has 4 nitrogen and oxygen atoms in total. The zero-order valence-electron chi connectivity index (χ0n) is 14.8. The molecule has 0 unspecified atom stereocenters. The van der Waals surface area contributed by atoms with Gasteiger partial charge < -0.3 is 9.47 Å². The van der Waals surface area contributed by atoms with Crippen molar-refractivity contribution in [2.75, 3.05) is 13.2 Å². The number of fused-ring (bicyclic) bond motifs is 1. The highest BCUT2D eigenvalue weighted by molar-refractivity contribution is 5.21. The number of hydrogen-bond acceptors (Lipinski definition) is 4. The number of ether oxygens (including phenoxy) is 2. The van der Waals surface area contributed by atoms with Gasteiger partial charge in [-0.2, -0.15) is 0 Å². The Balaban J connectivity index is 1.38. The maximum atomic E-state index is 6.18. The van der Waals surface area contributed by atoms with Gasteiger partial charge in [0.2, 0.25) is 0 Å². The van der Waals surface area contributed by atoms with Crippen molar-refractivity contribution in [2.45, 2.75) is 51.2 Å². The summed E-state index contributed by atoms with van der Waals surface area (Å²) in [5, 5.41) is 0. The predicted molar refractivity (Wildman–Crippen MR) is 97.2 cm³/mol. The number of rotatable bonds is 5. The number of likely N-dealkylation sites (tertiary alicyclic amines) is 1. The van der Waals surface area contributed by atoms with Crippen LogP contribution in [0.15, 0.2) is 48.7 Å². The van der Waals surface area contributed by atoms with E-state index in [0.717, 1.165) is 38.2 Å². The van der Waals surface area contributed by atoms with Crippen molar-refractivity contribution in [3.05, 3.63) is 65.5 Å². The Kier molecular flexibility index (Phi) is 5.11. The first kappa shape index (κ1) is 16.7. The van der Waals surface area contributed by atoms with Crippen LogP contribution in [0.3, 0.4) is 0 Å². The van der Waals surface area contributed by atoms with Crippen LogP contribution in [-0.2, 0) is 22.6 Å². The van der Waals surface area contributed by atoms with Gasteiger partial charge in [0.25, 0.3) is 0 Å². The predicted octanol–water partition coefficient (Wildman–Crippen LogP) is 3.34. The van der Waals surface area contributed by atoms with Crippen molar-refractivity contribution < 1.29 is 9.47 Å². The summed E-state index contributed by atoms with van der Waals surface area (Å²) in [7, 11) is 0. The summed E-state index contributed by atoms with van der Waals surface area (Å²) >= 11 is 0. The molecular formula is C21H26N2O2. The van der Waals surface area contributed by atoms with Gasteiger partial charge in [-0.3, -0.25) is 9.88 Å². The van der Waals surface area contributed by atoms with Crippen molar-refractivity contribution in [1.82, 2.24) is 9.88 Å². The number of benzene rings is 1. The van der Waals surface area contributed by atoms with Crippen molar-refractivity contribution in [1.29, 1.82) is 0 Å². The Hall–Kier alpha value is -1.75. The van der Waals surface area contributed by atoms with Gasteiger partial charge in [0.15, 0.2) is 0 Å². The molecule has 25 heavy (non-hydrogen) atoms. The highest BCUT2D eigenvalue weighted by Gasteiger charge is 2.42. The summed E-state index contributed by atoms with van der Waals surface area (Å²) in [6.45, 7) is 5.59. The van der Waals surface area contributed by atoms with Crippen LogP contribution in [0.1, 0.15) is 29.7 Å². The lowest BCUT2D eigenvalue weighted by Crippen LogP contribution is -2.52. The van der Waals surface area contributed by atoms with E-state index in [2.05, 4.69) is 41.1 Å². The Morgan fingerprint density at radius 1 is 1.16 bits per heavy atom. The van der Waals surface area contributed by atoms with E-state index in [1.54, 1.807) is 0 Å². The molecule has 0 amide bonds. The van der Waals surface area contributed by atoms with Gasteiger partial charge in [0, 0.05) is 31.9 Å². The van der Waals surface area contributed by atoms with Crippen LogP contribution >= 0.6 is 0 Å². The molecule has 2 fully saturated rings. The van der Waals surface area contributed by atoms with Gasteiger partial charge >= 0.3 is 0 Å². The SMILES string of the molecule is Cc1ccc(CN2CC[C@@H](OCc3ccccn3)[C@@H]3OCC[C@H]32)cc1. The number of pyridine rings is 1. The molecule has 4 rings (SSSR count). The first-order chi connectivity index (χ1) is 12.3. The van der Waals surface area contributed by atoms with Gasteiger partial charge in [0.05, 0.1) is 24.5 Å². The lowest BCUT2D eigenvalue weighted by Gasteiger charge is -2.41. The maximum Gasteiger partial charge on any atom is 0.0992 e. The third-order valence-corrected chi connectivity index (χ3v) is 5.32. The van der Waals surface area contributed by atoms with Gasteiger partial charge in [-0.25, -0.2) is 0 Å². The molecule has 2 aliphatic heterocycles. The Bertz CT molecular complexity index is 674. The molecule has 0 radical (unpaired) electrons. The highest BCUT2D eigenvalue weighted by Crippen LogP contribution is 2.31. The maximum absolute atomic E-state index is 6.18. The average molecular weight is 338 g/mol. The number of piperidine rings is 1. The molecule has 1 aromatic heterocycles. The first-order valence-corrected chi connectivity index (χ1v) is 9.22. The zero-order valence-corrected chi connectivity index (χ0v) is 14.8. The minimum absolute atomic E-state index is 0.170. The molecule has 0 N–H and O–H groups in total. The normalized spacial score (nSPS) is 26.5. The van der Waals surface area contributed by atoms with E-state index in [9.17, 15) is 0 Å². The number of aromatic nitrogens is 1. The smallest absolute Gasteiger partial charge is 0.0992 e.